The molecular formula is C11H22N2O. The molecule has 0 atom stereocenters. The summed E-state index contributed by atoms with van der Waals surface area (Å²) in [6, 6.07) is 0.258. The molecule has 0 saturated heterocycles. The summed E-state index contributed by atoms with van der Waals surface area (Å²) >= 11 is 0. The quantitative estimate of drug-likeness (QED) is 0.631. The van der Waals surface area contributed by atoms with Gasteiger partial charge < -0.3 is 10.6 Å². The van der Waals surface area contributed by atoms with Crippen molar-refractivity contribution in [3.63, 3.8) is 0 Å². The highest BCUT2D eigenvalue weighted by Gasteiger charge is 2.16. The summed E-state index contributed by atoms with van der Waals surface area (Å²) in [4.78, 5) is 11.2. The summed E-state index contributed by atoms with van der Waals surface area (Å²) in [5.74, 6) is 1.03. The number of nitrogens with one attached hydrogen (secondary N) is 2. The first kappa shape index (κ1) is 11.5. The summed E-state index contributed by atoms with van der Waals surface area (Å²) in [5, 5.41) is 6.21. The first-order chi connectivity index (χ1) is 6.68. The topological polar surface area (TPSA) is 41.1 Å². The Morgan fingerprint density at radius 3 is 2.64 bits per heavy atom. The van der Waals surface area contributed by atoms with Crippen LogP contribution in [0.2, 0.25) is 0 Å². The lowest BCUT2D eigenvalue weighted by Crippen LogP contribution is -2.34. The van der Waals surface area contributed by atoms with Gasteiger partial charge in [0.25, 0.3) is 0 Å². The Kier molecular flexibility index (Phi) is 4.94. The van der Waals surface area contributed by atoms with E-state index in [0.717, 1.165) is 19.0 Å². The maximum Gasteiger partial charge on any atom is 0.221 e. The molecule has 1 aliphatic rings. The molecule has 0 aliphatic heterocycles. The molecule has 1 amide bonds. The highest BCUT2D eigenvalue weighted by Crippen LogP contribution is 2.24. The molecule has 1 saturated carbocycles. The summed E-state index contributed by atoms with van der Waals surface area (Å²) in [7, 11) is 0. The summed E-state index contributed by atoms with van der Waals surface area (Å²) in [5.41, 5.74) is 0. The highest BCUT2D eigenvalue weighted by atomic mass is 16.1. The summed E-state index contributed by atoms with van der Waals surface area (Å²) in [6.07, 6.45) is 4.72. The van der Waals surface area contributed by atoms with Crippen LogP contribution in [0.1, 0.15) is 39.5 Å². The molecule has 0 bridgehead atoms. The fraction of sp³-hybridized carbons (Fsp3) is 0.909. The second-order valence-electron chi connectivity index (χ2n) is 4.47. The van der Waals surface area contributed by atoms with Gasteiger partial charge in [0, 0.05) is 19.0 Å². The van der Waals surface area contributed by atoms with Crippen LogP contribution in [0.15, 0.2) is 0 Å². The molecule has 0 heterocycles. The second kappa shape index (κ2) is 6.02. The number of hydrogen-bond acceptors (Lipinski definition) is 2. The van der Waals surface area contributed by atoms with Gasteiger partial charge in [0.1, 0.15) is 0 Å². The highest BCUT2D eigenvalue weighted by molar-refractivity contribution is 5.76. The number of carbonyl (C=O) groups is 1. The SMILES string of the molecule is CC(C)NC(=O)CCNCC1CCC1. The molecule has 1 aliphatic carbocycles. The van der Waals surface area contributed by atoms with E-state index in [-0.39, 0.29) is 11.9 Å². The molecule has 0 radical (unpaired) electrons. The lowest BCUT2D eigenvalue weighted by molar-refractivity contribution is -0.121. The lowest BCUT2D eigenvalue weighted by Gasteiger charge is -2.25. The first-order valence-electron chi connectivity index (χ1n) is 5.68. The molecular weight excluding hydrogens is 176 g/mol. The maximum atomic E-state index is 11.2. The van der Waals surface area contributed by atoms with Gasteiger partial charge in [-0.05, 0) is 39.2 Å². The van der Waals surface area contributed by atoms with Crippen molar-refractivity contribution in [2.75, 3.05) is 13.1 Å². The predicted molar refractivity (Wildman–Crippen MR) is 58.1 cm³/mol. The van der Waals surface area contributed by atoms with Crippen molar-refractivity contribution in [3.8, 4) is 0 Å². The van der Waals surface area contributed by atoms with Gasteiger partial charge in [-0.15, -0.1) is 0 Å². The Morgan fingerprint density at radius 1 is 1.43 bits per heavy atom. The van der Waals surface area contributed by atoms with Crippen LogP contribution in [0, 0.1) is 5.92 Å². The van der Waals surface area contributed by atoms with Gasteiger partial charge in [0.2, 0.25) is 5.91 Å². The zero-order chi connectivity index (χ0) is 10.4. The third-order valence-electron chi connectivity index (χ3n) is 2.64. The predicted octanol–water partition coefficient (Wildman–Crippen LogP) is 1.29. The standard InChI is InChI=1S/C11H22N2O/c1-9(2)13-11(14)6-7-12-8-10-4-3-5-10/h9-10,12H,3-8H2,1-2H3,(H,13,14). The van der Waals surface area contributed by atoms with Crippen LogP contribution < -0.4 is 10.6 Å². The van der Waals surface area contributed by atoms with Crippen LogP contribution in [-0.2, 0) is 4.79 Å². The molecule has 0 aromatic rings. The van der Waals surface area contributed by atoms with Crippen molar-refractivity contribution in [3.05, 3.63) is 0 Å². The average Bonchev–Trinajstić information content (AvgIpc) is 1.99. The van der Waals surface area contributed by atoms with Crippen molar-refractivity contribution >= 4 is 5.91 Å². The normalized spacial score (nSPS) is 16.8. The largest absolute Gasteiger partial charge is 0.354 e. The fourth-order valence-electron chi connectivity index (χ4n) is 1.60. The van der Waals surface area contributed by atoms with E-state index in [0.29, 0.717) is 6.42 Å². The Bertz CT molecular complexity index is 176. The molecule has 14 heavy (non-hydrogen) atoms. The summed E-state index contributed by atoms with van der Waals surface area (Å²) < 4.78 is 0. The van der Waals surface area contributed by atoms with Gasteiger partial charge in [-0.3, -0.25) is 4.79 Å². The Balaban J connectivity index is 1.89. The molecule has 3 nitrogen and oxygen atoms in total. The number of hydrogen-bond donors (Lipinski definition) is 2. The third-order valence-corrected chi connectivity index (χ3v) is 2.64. The minimum absolute atomic E-state index is 0.154. The zero-order valence-electron chi connectivity index (χ0n) is 9.31. The van der Waals surface area contributed by atoms with Crippen LogP contribution in [-0.4, -0.2) is 25.0 Å². The van der Waals surface area contributed by atoms with E-state index in [1.165, 1.54) is 19.3 Å². The first-order valence-corrected chi connectivity index (χ1v) is 5.68. The van der Waals surface area contributed by atoms with Gasteiger partial charge in [-0.1, -0.05) is 6.42 Å². The smallest absolute Gasteiger partial charge is 0.221 e. The molecule has 2 N–H and O–H groups in total. The van der Waals surface area contributed by atoms with Gasteiger partial charge in [0.15, 0.2) is 0 Å². The molecule has 3 heteroatoms. The van der Waals surface area contributed by atoms with E-state index in [9.17, 15) is 4.79 Å². The Hall–Kier alpha value is -0.570. The van der Waals surface area contributed by atoms with Crippen molar-refractivity contribution in [2.45, 2.75) is 45.6 Å². The molecule has 1 rings (SSSR count). The third kappa shape index (κ3) is 4.61. The molecule has 0 aromatic carbocycles. The van der Waals surface area contributed by atoms with Crippen LogP contribution in [0.25, 0.3) is 0 Å². The number of amides is 1. The monoisotopic (exact) mass is 198 g/mol. The van der Waals surface area contributed by atoms with Crippen molar-refractivity contribution in [1.82, 2.24) is 10.6 Å². The van der Waals surface area contributed by atoms with E-state index < -0.39 is 0 Å². The molecule has 82 valence electrons. The zero-order valence-corrected chi connectivity index (χ0v) is 9.31. The van der Waals surface area contributed by atoms with Crippen molar-refractivity contribution in [2.24, 2.45) is 5.92 Å². The van der Waals surface area contributed by atoms with Gasteiger partial charge in [-0.25, -0.2) is 0 Å². The van der Waals surface area contributed by atoms with Gasteiger partial charge in [0.05, 0.1) is 0 Å². The second-order valence-corrected chi connectivity index (χ2v) is 4.47. The molecule has 1 fully saturated rings. The van der Waals surface area contributed by atoms with Gasteiger partial charge in [-0.2, -0.15) is 0 Å². The van der Waals surface area contributed by atoms with Crippen molar-refractivity contribution in [1.29, 1.82) is 0 Å². The van der Waals surface area contributed by atoms with Crippen molar-refractivity contribution < 1.29 is 4.79 Å². The Morgan fingerprint density at radius 2 is 2.14 bits per heavy atom. The minimum Gasteiger partial charge on any atom is -0.354 e. The van der Waals surface area contributed by atoms with Crippen LogP contribution in [0.4, 0.5) is 0 Å². The van der Waals surface area contributed by atoms with Crippen LogP contribution in [0.3, 0.4) is 0 Å². The molecule has 0 unspecified atom stereocenters. The fourth-order valence-corrected chi connectivity index (χ4v) is 1.60. The number of carbonyl (C=O) groups excluding carboxylic acids is 1. The lowest BCUT2D eigenvalue weighted by atomic mass is 9.85. The number of rotatable bonds is 6. The van der Waals surface area contributed by atoms with E-state index in [4.69, 9.17) is 0 Å². The average molecular weight is 198 g/mol. The Labute approximate surface area is 86.6 Å². The van der Waals surface area contributed by atoms with Crippen LogP contribution in [0.5, 0.6) is 0 Å². The molecule has 0 aromatic heterocycles. The maximum absolute atomic E-state index is 11.2. The van der Waals surface area contributed by atoms with E-state index in [2.05, 4.69) is 10.6 Å². The minimum atomic E-state index is 0.154. The van der Waals surface area contributed by atoms with E-state index in [1.54, 1.807) is 0 Å². The van der Waals surface area contributed by atoms with E-state index >= 15 is 0 Å². The van der Waals surface area contributed by atoms with Gasteiger partial charge >= 0.3 is 0 Å². The molecule has 0 spiro atoms. The summed E-state index contributed by atoms with van der Waals surface area (Å²) in [6.45, 7) is 5.88. The van der Waals surface area contributed by atoms with Crippen LogP contribution >= 0.6 is 0 Å². The van der Waals surface area contributed by atoms with E-state index in [1.807, 2.05) is 13.8 Å².